The molecule has 1 aromatic rings. The first-order chi connectivity index (χ1) is 8.60. The fourth-order valence-electron chi connectivity index (χ4n) is 2.44. The largest absolute Gasteiger partial charge is 0.314 e. The van der Waals surface area contributed by atoms with Crippen molar-refractivity contribution in [3.05, 3.63) is 12.2 Å². The third-order valence-electron chi connectivity index (χ3n) is 3.44. The van der Waals surface area contributed by atoms with Gasteiger partial charge in [0, 0.05) is 18.5 Å². The highest BCUT2D eigenvalue weighted by Gasteiger charge is 2.19. The van der Waals surface area contributed by atoms with Crippen LogP contribution in [0.2, 0.25) is 0 Å². The minimum Gasteiger partial charge on any atom is -0.314 e. The third kappa shape index (κ3) is 4.09. The average Bonchev–Trinajstić information content (AvgIpc) is 2.77. The molecule has 0 aromatic carbocycles. The summed E-state index contributed by atoms with van der Waals surface area (Å²) in [7, 11) is 0. The Morgan fingerprint density at radius 3 is 2.56 bits per heavy atom. The Morgan fingerprint density at radius 1 is 1.28 bits per heavy atom. The van der Waals surface area contributed by atoms with Crippen LogP contribution < -0.4 is 5.32 Å². The highest BCUT2D eigenvalue weighted by atomic mass is 15.3. The summed E-state index contributed by atoms with van der Waals surface area (Å²) < 4.78 is 2.03. The van der Waals surface area contributed by atoms with Crippen LogP contribution >= 0.6 is 0 Å². The predicted molar refractivity (Wildman–Crippen MR) is 75.6 cm³/mol. The Balaban J connectivity index is 2.73. The van der Waals surface area contributed by atoms with Gasteiger partial charge in [-0.1, -0.05) is 27.2 Å². The van der Waals surface area contributed by atoms with Crippen LogP contribution in [0.1, 0.15) is 59.3 Å². The van der Waals surface area contributed by atoms with Crippen LogP contribution in [-0.4, -0.2) is 27.4 Å². The summed E-state index contributed by atoms with van der Waals surface area (Å²) >= 11 is 0. The molecule has 0 aliphatic carbocycles. The predicted octanol–water partition coefficient (Wildman–Crippen LogP) is 2.82. The van der Waals surface area contributed by atoms with E-state index in [1.807, 2.05) is 4.68 Å². The number of likely N-dealkylation sites (N-methyl/N-ethyl adjacent to an activating group) is 1. The molecule has 1 rings (SSSR count). The second kappa shape index (κ2) is 7.52. The normalized spacial score (nSPS) is 15.0. The number of aromatic nitrogens is 3. The molecule has 1 heterocycles. The summed E-state index contributed by atoms with van der Waals surface area (Å²) in [5.41, 5.74) is 0. The smallest absolute Gasteiger partial charge is 0.138 e. The maximum Gasteiger partial charge on any atom is 0.138 e. The maximum atomic E-state index is 4.41. The molecule has 0 spiro atoms. The SMILES string of the molecule is CCCC(C)C(Cc1ncnn1C(C)C)NCC. The van der Waals surface area contributed by atoms with Crippen LogP contribution in [0.3, 0.4) is 0 Å². The second-order valence-electron chi connectivity index (χ2n) is 5.35. The number of rotatable bonds is 8. The van der Waals surface area contributed by atoms with Crippen molar-refractivity contribution in [1.82, 2.24) is 20.1 Å². The Bertz CT molecular complexity index is 332. The van der Waals surface area contributed by atoms with E-state index in [2.05, 4.69) is 50.0 Å². The molecule has 0 aliphatic heterocycles. The highest BCUT2D eigenvalue weighted by Crippen LogP contribution is 2.16. The molecule has 104 valence electrons. The third-order valence-corrected chi connectivity index (χ3v) is 3.44. The number of hydrogen-bond acceptors (Lipinski definition) is 3. The molecule has 0 bridgehead atoms. The standard InChI is InChI=1S/C14H28N4/c1-6-8-12(5)13(15-7-2)9-14-16-10-17-18(14)11(3)4/h10-13,15H,6-9H2,1-5H3. The van der Waals surface area contributed by atoms with Gasteiger partial charge in [-0.2, -0.15) is 5.10 Å². The molecule has 18 heavy (non-hydrogen) atoms. The molecule has 0 saturated heterocycles. The lowest BCUT2D eigenvalue weighted by molar-refractivity contribution is 0.345. The molecule has 2 atom stereocenters. The average molecular weight is 252 g/mol. The molecule has 0 amide bonds. The Labute approximate surface area is 111 Å². The van der Waals surface area contributed by atoms with Crippen molar-refractivity contribution in [2.24, 2.45) is 5.92 Å². The lowest BCUT2D eigenvalue weighted by Gasteiger charge is -2.24. The van der Waals surface area contributed by atoms with Crippen molar-refractivity contribution < 1.29 is 0 Å². The minimum atomic E-state index is 0.381. The second-order valence-corrected chi connectivity index (χ2v) is 5.35. The summed E-state index contributed by atoms with van der Waals surface area (Å²) in [6.07, 6.45) is 5.13. The van der Waals surface area contributed by atoms with Crippen LogP contribution in [-0.2, 0) is 6.42 Å². The molecule has 0 fully saturated rings. The quantitative estimate of drug-likeness (QED) is 0.773. The Kier molecular flexibility index (Phi) is 6.33. The van der Waals surface area contributed by atoms with Crippen LogP contribution in [0.25, 0.3) is 0 Å². The van der Waals surface area contributed by atoms with Crippen molar-refractivity contribution in [1.29, 1.82) is 0 Å². The van der Waals surface area contributed by atoms with E-state index in [9.17, 15) is 0 Å². The minimum absolute atomic E-state index is 0.381. The zero-order chi connectivity index (χ0) is 13.5. The molecule has 1 aromatic heterocycles. The van der Waals surface area contributed by atoms with Crippen LogP contribution in [0.15, 0.2) is 6.33 Å². The first-order valence-corrected chi connectivity index (χ1v) is 7.21. The van der Waals surface area contributed by atoms with E-state index in [0.29, 0.717) is 18.0 Å². The number of nitrogens with one attached hydrogen (secondary N) is 1. The van der Waals surface area contributed by atoms with Gasteiger partial charge in [0.1, 0.15) is 12.2 Å². The topological polar surface area (TPSA) is 42.7 Å². The summed E-state index contributed by atoms with van der Waals surface area (Å²) in [6, 6.07) is 0.878. The molecule has 0 radical (unpaired) electrons. The summed E-state index contributed by atoms with van der Waals surface area (Å²) in [4.78, 5) is 4.41. The van der Waals surface area contributed by atoms with Crippen molar-refractivity contribution in [3.63, 3.8) is 0 Å². The molecule has 0 aliphatic rings. The van der Waals surface area contributed by atoms with E-state index in [1.165, 1.54) is 12.8 Å². The van der Waals surface area contributed by atoms with Crippen LogP contribution in [0.5, 0.6) is 0 Å². The number of hydrogen-bond donors (Lipinski definition) is 1. The molecule has 4 nitrogen and oxygen atoms in total. The number of nitrogens with zero attached hydrogens (tertiary/aromatic N) is 3. The summed E-state index contributed by atoms with van der Waals surface area (Å²) in [5.74, 6) is 1.77. The van der Waals surface area contributed by atoms with Crippen molar-refractivity contribution in [3.8, 4) is 0 Å². The monoisotopic (exact) mass is 252 g/mol. The van der Waals surface area contributed by atoms with Crippen LogP contribution in [0, 0.1) is 5.92 Å². The van der Waals surface area contributed by atoms with Gasteiger partial charge < -0.3 is 5.32 Å². The highest BCUT2D eigenvalue weighted by molar-refractivity contribution is 4.92. The van der Waals surface area contributed by atoms with Crippen LogP contribution in [0.4, 0.5) is 0 Å². The first-order valence-electron chi connectivity index (χ1n) is 7.21. The van der Waals surface area contributed by atoms with Gasteiger partial charge in [0.2, 0.25) is 0 Å². The zero-order valence-corrected chi connectivity index (χ0v) is 12.5. The lowest BCUT2D eigenvalue weighted by atomic mass is 9.94. The molecular weight excluding hydrogens is 224 g/mol. The lowest BCUT2D eigenvalue weighted by Crippen LogP contribution is -2.37. The fraction of sp³-hybridized carbons (Fsp3) is 0.857. The van der Waals surface area contributed by atoms with E-state index >= 15 is 0 Å². The van der Waals surface area contributed by atoms with Gasteiger partial charge in [-0.3, -0.25) is 0 Å². The Morgan fingerprint density at radius 2 is 2.00 bits per heavy atom. The molecule has 0 saturated carbocycles. The van der Waals surface area contributed by atoms with Gasteiger partial charge in [0.25, 0.3) is 0 Å². The van der Waals surface area contributed by atoms with Gasteiger partial charge in [-0.25, -0.2) is 9.67 Å². The molecule has 1 N–H and O–H groups in total. The van der Waals surface area contributed by atoms with Gasteiger partial charge in [0.05, 0.1) is 0 Å². The molecule has 4 heteroatoms. The maximum absolute atomic E-state index is 4.41. The van der Waals surface area contributed by atoms with Gasteiger partial charge in [-0.15, -0.1) is 0 Å². The van der Waals surface area contributed by atoms with E-state index < -0.39 is 0 Å². The van der Waals surface area contributed by atoms with Crippen molar-refractivity contribution >= 4 is 0 Å². The zero-order valence-electron chi connectivity index (χ0n) is 12.5. The summed E-state index contributed by atoms with van der Waals surface area (Å²) in [5, 5.41) is 7.90. The van der Waals surface area contributed by atoms with Crippen molar-refractivity contribution in [2.75, 3.05) is 6.54 Å². The van der Waals surface area contributed by atoms with Gasteiger partial charge in [-0.05, 0) is 32.7 Å². The van der Waals surface area contributed by atoms with E-state index in [0.717, 1.165) is 18.8 Å². The van der Waals surface area contributed by atoms with E-state index in [1.54, 1.807) is 6.33 Å². The first kappa shape index (κ1) is 15.2. The Hall–Kier alpha value is -0.900. The van der Waals surface area contributed by atoms with Gasteiger partial charge >= 0.3 is 0 Å². The van der Waals surface area contributed by atoms with Crippen molar-refractivity contribution in [2.45, 2.75) is 66.0 Å². The van der Waals surface area contributed by atoms with E-state index in [4.69, 9.17) is 0 Å². The van der Waals surface area contributed by atoms with E-state index in [-0.39, 0.29) is 0 Å². The molecule has 2 unspecified atom stereocenters. The molecular formula is C14H28N4. The van der Waals surface area contributed by atoms with Gasteiger partial charge in [0.15, 0.2) is 0 Å². The summed E-state index contributed by atoms with van der Waals surface area (Å²) in [6.45, 7) is 12.0. The fourth-order valence-corrected chi connectivity index (χ4v) is 2.44.